The Labute approximate surface area is 113 Å². The molecule has 1 unspecified atom stereocenters. The van der Waals surface area contributed by atoms with Crippen LogP contribution in [0.4, 0.5) is 0 Å². The average Bonchev–Trinajstić information content (AvgIpc) is 2.91. The molecule has 2 aromatic carbocycles. The fraction of sp³-hybridized carbons (Fsp3) is 0.312. The molecule has 1 aliphatic rings. The fourth-order valence-electron chi connectivity index (χ4n) is 2.50. The summed E-state index contributed by atoms with van der Waals surface area (Å²) in [6.07, 6.45) is 2.57. The lowest BCUT2D eigenvalue weighted by molar-refractivity contribution is -0.134. The summed E-state index contributed by atoms with van der Waals surface area (Å²) in [5, 5.41) is 13.7. The number of nitrogens with one attached hydrogen (secondary N) is 1. The van der Waals surface area contributed by atoms with Gasteiger partial charge in [0.25, 0.3) is 5.97 Å². The van der Waals surface area contributed by atoms with Crippen LogP contribution in [0.2, 0.25) is 0 Å². The Balaban J connectivity index is 0.000000297. The first kappa shape index (κ1) is 13.6. The third-order valence-corrected chi connectivity index (χ3v) is 3.26. The van der Waals surface area contributed by atoms with E-state index in [2.05, 4.69) is 47.8 Å². The second-order valence-electron chi connectivity index (χ2n) is 4.74. The number of fused-ring (bicyclic) bond motifs is 1. The molecular formula is C16H19NO2. The molecule has 100 valence electrons. The van der Waals surface area contributed by atoms with Gasteiger partial charge in [-0.05, 0) is 35.7 Å². The summed E-state index contributed by atoms with van der Waals surface area (Å²) in [5.41, 5.74) is 1.46. The highest BCUT2D eigenvalue weighted by atomic mass is 16.4. The lowest BCUT2D eigenvalue weighted by Crippen LogP contribution is -2.12. The van der Waals surface area contributed by atoms with E-state index < -0.39 is 5.97 Å². The highest BCUT2D eigenvalue weighted by Crippen LogP contribution is 2.29. The lowest BCUT2D eigenvalue weighted by atomic mass is 9.98. The predicted molar refractivity (Wildman–Crippen MR) is 77.2 cm³/mol. The van der Waals surface area contributed by atoms with E-state index in [-0.39, 0.29) is 0 Å². The average molecular weight is 257 g/mol. The van der Waals surface area contributed by atoms with Crippen LogP contribution in [0.15, 0.2) is 42.5 Å². The summed E-state index contributed by atoms with van der Waals surface area (Å²) in [6.45, 7) is 2.24. The van der Waals surface area contributed by atoms with Crippen LogP contribution < -0.4 is 5.32 Å². The molecule has 1 atom stereocenters. The molecule has 0 aromatic heterocycles. The first-order valence-electron chi connectivity index (χ1n) is 6.59. The minimum atomic E-state index is -0.833. The van der Waals surface area contributed by atoms with Gasteiger partial charge in [0.2, 0.25) is 0 Å². The van der Waals surface area contributed by atoms with E-state index in [4.69, 9.17) is 9.90 Å². The molecule has 0 spiro atoms. The van der Waals surface area contributed by atoms with Crippen molar-refractivity contribution in [3.8, 4) is 0 Å². The van der Waals surface area contributed by atoms with E-state index in [1.165, 1.54) is 29.2 Å². The zero-order chi connectivity index (χ0) is 13.7. The number of aliphatic carboxylic acids is 1. The monoisotopic (exact) mass is 257 g/mol. The first-order valence-corrected chi connectivity index (χ1v) is 6.59. The third-order valence-electron chi connectivity index (χ3n) is 3.26. The predicted octanol–water partition coefficient (Wildman–Crippen LogP) is 3.36. The number of hydrogen-bond acceptors (Lipinski definition) is 2. The van der Waals surface area contributed by atoms with Crippen LogP contribution >= 0.6 is 0 Å². The molecule has 1 aliphatic heterocycles. The summed E-state index contributed by atoms with van der Waals surface area (Å²) in [6, 6.07) is 15.8. The highest BCUT2D eigenvalue weighted by Gasteiger charge is 2.17. The Hall–Kier alpha value is -1.87. The SMILES string of the molecule is CC(=O)O.c1ccc2c(C3CCCN3)cccc2c1. The fourth-order valence-corrected chi connectivity index (χ4v) is 2.50. The maximum atomic E-state index is 9.00. The van der Waals surface area contributed by atoms with Gasteiger partial charge in [-0.2, -0.15) is 0 Å². The molecule has 3 rings (SSSR count). The van der Waals surface area contributed by atoms with E-state index in [1.54, 1.807) is 0 Å². The molecule has 0 radical (unpaired) electrons. The molecule has 0 amide bonds. The van der Waals surface area contributed by atoms with Gasteiger partial charge in [0.05, 0.1) is 0 Å². The Morgan fingerprint density at radius 1 is 1.21 bits per heavy atom. The Morgan fingerprint density at radius 3 is 2.58 bits per heavy atom. The van der Waals surface area contributed by atoms with Gasteiger partial charge in [-0.3, -0.25) is 4.79 Å². The van der Waals surface area contributed by atoms with Crippen LogP contribution in [-0.4, -0.2) is 17.6 Å². The molecule has 1 fully saturated rings. The molecule has 3 nitrogen and oxygen atoms in total. The van der Waals surface area contributed by atoms with Crippen molar-refractivity contribution >= 4 is 16.7 Å². The van der Waals surface area contributed by atoms with Crippen molar-refractivity contribution < 1.29 is 9.90 Å². The van der Waals surface area contributed by atoms with E-state index in [1.807, 2.05) is 0 Å². The molecular weight excluding hydrogens is 238 g/mol. The normalized spacial score (nSPS) is 17.8. The van der Waals surface area contributed by atoms with Gasteiger partial charge in [-0.1, -0.05) is 42.5 Å². The van der Waals surface area contributed by atoms with Crippen LogP contribution in [0.5, 0.6) is 0 Å². The number of carboxylic acid groups (broad SMARTS) is 1. The minimum Gasteiger partial charge on any atom is -0.481 e. The van der Waals surface area contributed by atoms with Crippen LogP contribution in [-0.2, 0) is 4.79 Å². The molecule has 19 heavy (non-hydrogen) atoms. The van der Waals surface area contributed by atoms with Crippen LogP contribution in [0.1, 0.15) is 31.4 Å². The Morgan fingerprint density at radius 2 is 1.89 bits per heavy atom. The molecule has 0 saturated carbocycles. The zero-order valence-corrected chi connectivity index (χ0v) is 11.1. The molecule has 0 aliphatic carbocycles. The standard InChI is InChI=1S/C14H15N.C2H4O2/c1-2-7-12-11(5-1)6-3-8-13(12)14-9-4-10-15-14;1-2(3)4/h1-3,5-8,14-15H,4,9-10H2;1H3,(H,3,4). The summed E-state index contributed by atoms with van der Waals surface area (Å²) in [4.78, 5) is 9.00. The number of benzene rings is 2. The summed E-state index contributed by atoms with van der Waals surface area (Å²) >= 11 is 0. The van der Waals surface area contributed by atoms with Crippen molar-refractivity contribution in [1.82, 2.24) is 5.32 Å². The van der Waals surface area contributed by atoms with Crippen molar-refractivity contribution in [2.75, 3.05) is 6.54 Å². The summed E-state index contributed by atoms with van der Waals surface area (Å²) < 4.78 is 0. The highest BCUT2D eigenvalue weighted by molar-refractivity contribution is 5.86. The molecule has 2 aromatic rings. The summed E-state index contributed by atoms with van der Waals surface area (Å²) in [7, 11) is 0. The maximum absolute atomic E-state index is 9.00. The number of carboxylic acids is 1. The lowest BCUT2D eigenvalue weighted by Gasteiger charge is -2.13. The van der Waals surface area contributed by atoms with Gasteiger partial charge in [-0.25, -0.2) is 0 Å². The van der Waals surface area contributed by atoms with Crippen molar-refractivity contribution in [3.05, 3.63) is 48.0 Å². The van der Waals surface area contributed by atoms with Crippen molar-refractivity contribution in [2.45, 2.75) is 25.8 Å². The number of carbonyl (C=O) groups is 1. The quantitative estimate of drug-likeness (QED) is 0.823. The molecule has 2 N–H and O–H groups in total. The Kier molecular flexibility index (Phi) is 4.53. The van der Waals surface area contributed by atoms with Crippen molar-refractivity contribution in [2.24, 2.45) is 0 Å². The van der Waals surface area contributed by atoms with Crippen molar-refractivity contribution in [1.29, 1.82) is 0 Å². The zero-order valence-electron chi connectivity index (χ0n) is 11.1. The second-order valence-corrected chi connectivity index (χ2v) is 4.74. The first-order chi connectivity index (χ1) is 9.18. The van der Waals surface area contributed by atoms with Crippen LogP contribution in [0.3, 0.4) is 0 Å². The molecule has 1 saturated heterocycles. The van der Waals surface area contributed by atoms with E-state index in [0.717, 1.165) is 13.5 Å². The van der Waals surface area contributed by atoms with E-state index >= 15 is 0 Å². The third kappa shape index (κ3) is 3.55. The van der Waals surface area contributed by atoms with Gasteiger partial charge < -0.3 is 10.4 Å². The largest absolute Gasteiger partial charge is 0.481 e. The number of hydrogen-bond donors (Lipinski definition) is 2. The van der Waals surface area contributed by atoms with Gasteiger partial charge in [0.1, 0.15) is 0 Å². The van der Waals surface area contributed by atoms with Crippen LogP contribution in [0.25, 0.3) is 10.8 Å². The molecule has 3 heteroatoms. The number of rotatable bonds is 1. The van der Waals surface area contributed by atoms with Gasteiger partial charge in [0, 0.05) is 13.0 Å². The van der Waals surface area contributed by atoms with E-state index in [0.29, 0.717) is 6.04 Å². The summed E-state index contributed by atoms with van der Waals surface area (Å²) in [5.74, 6) is -0.833. The smallest absolute Gasteiger partial charge is 0.300 e. The van der Waals surface area contributed by atoms with Crippen molar-refractivity contribution in [3.63, 3.8) is 0 Å². The Bertz CT molecular complexity index is 550. The maximum Gasteiger partial charge on any atom is 0.300 e. The van der Waals surface area contributed by atoms with Gasteiger partial charge in [-0.15, -0.1) is 0 Å². The molecule has 1 heterocycles. The van der Waals surface area contributed by atoms with Crippen LogP contribution in [0, 0.1) is 0 Å². The van der Waals surface area contributed by atoms with Gasteiger partial charge >= 0.3 is 0 Å². The second kappa shape index (κ2) is 6.34. The topological polar surface area (TPSA) is 49.3 Å². The molecule has 0 bridgehead atoms. The minimum absolute atomic E-state index is 0.566. The van der Waals surface area contributed by atoms with Gasteiger partial charge in [0.15, 0.2) is 0 Å². The van der Waals surface area contributed by atoms with E-state index in [9.17, 15) is 0 Å².